The lowest BCUT2D eigenvalue weighted by molar-refractivity contribution is -0.206. The molecule has 0 saturated heterocycles. The minimum absolute atomic E-state index is 0.191. The summed E-state index contributed by atoms with van der Waals surface area (Å²) in [5.74, 6) is -5.02. The van der Waals surface area contributed by atoms with Crippen LogP contribution >= 0.6 is 0 Å². The summed E-state index contributed by atoms with van der Waals surface area (Å²) in [5, 5.41) is 0. The van der Waals surface area contributed by atoms with Gasteiger partial charge in [0.05, 0.1) is 11.1 Å². The first kappa shape index (κ1) is 36.5. The lowest BCUT2D eigenvalue weighted by atomic mass is 9.98. The minimum Gasteiger partial charge on any atom is -0.449 e. The van der Waals surface area contributed by atoms with Crippen molar-refractivity contribution >= 4 is 11.9 Å². The van der Waals surface area contributed by atoms with Crippen molar-refractivity contribution < 1.29 is 54.2 Å². The summed E-state index contributed by atoms with van der Waals surface area (Å²) >= 11 is 0. The molecule has 2 atom stereocenters. The SMILES string of the molecule is CCCCC[C@H](OC(=O)c1ccc(-c2ccc(-c3ccc(C(=O)O[C@@H](CCCCC)C(F)(F)F)c(F)c3)cc2)cc1F)C(F)(F)F. The number of rotatable bonds is 14. The molecule has 0 aromatic heterocycles. The topological polar surface area (TPSA) is 52.6 Å². The van der Waals surface area contributed by atoms with E-state index in [1.807, 2.05) is 13.8 Å². The van der Waals surface area contributed by atoms with E-state index >= 15 is 0 Å². The highest BCUT2D eigenvalue weighted by Crippen LogP contribution is 2.32. The standard InChI is InChI=1S/C34H34F8O4/c1-3-5-7-9-29(33(37,38)39)45-31(43)25-17-15-23(19-27(25)35)21-11-13-22(14-12-21)24-16-18-26(28(36)20-24)32(44)46-30(34(40,41)42)10-8-6-4-2/h11-20,29-30H,3-10H2,1-2H3/t29-,30-/m0/s1. The van der Waals surface area contributed by atoms with Crippen molar-refractivity contribution in [1.29, 1.82) is 0 Å². The summed E-state index contributed by atoms with van der Waals surface area (Å²) in [5.41, 5.74) is 0.189. The van der Waals surface area contributed by atoms with Gasteiger partial charge in [-0.3, -0.25) is 0 Å². The normalized spacial score (nSPS) is 13.3. The van der Waals surface area contributed by atoms with Crippen LogP contribution in [0.2, 0.25) is 0 Å². The molecular formula is C34H34F8O4. The number of alkyl halides is 6. The maximum Gasteiger partial charge on any atom is 0.425 e. The van der Waals surface area contributed by atoms with Gasteiger partial charge in [0.1, 0.15) is 11.6 Å². The van der Waals surface area contributed by atoms with E-state index in [-0.39, 0.29) is 12.8 Å². The Hall–Kier alpha value is -3.96. The highest BCUT2D eigenvalue weighted by Gasteiger charge is 2.43. The molecule has 0 heterocycles. The predicted octanol–water partition coefficient (Wildman–Crippen LogP) is 10.6. The van der Waals surface area contributed by atoms with Crippen LogP contribution in [-0.4, -0.2) is 36.5 Å². The van der Waals surface area contributed by atoms with Crippen molar-refractivity contribution in [3.8, 4) is 22.3 Å². The first-order valence-corrected chi connectivity index (χ1v) is 14.9. The van der Waals surface area contributed by atoms with Crippen molar-refractivity contribution in [2.75, 3.05) is 0 Å². The molecule has 0 aliphatic rings. The van der Waals surface area contributed by atoms with Gasteiger partial charge in [0.25, 0.3) is 0 Å². The Balaban J connectivity index is 1.72. The molecule has 3 aromatic carbocycles. The molecule has 46 heavy (non-hydrogen) atoms. The monoisotopic (exact) mass is 658 g/mol. The highest BCUT2D eigenvalue weighted by molar-refractivity contribution is 5.91. The van der Waals surface area contributed by atoms with Crippen LogP contribution in [0.25, 0.3) is 22.3 Å². The summed E-state index contributed by atoms with van der Waals surface area (Å²) in [6.07, 6.45) is -12.4. The van der Waals surface area contributed by atoms with E-state index in [1.165, 1.54) is 12.1 Å². The maximum atomic E-state index is 14.8. The lowest BCUT2D eigenvalue weighted by Gasteiger charge is -2.21. The number of esters is 2. The summed E-state index contributed by atoms with van der Waals surface area (Å²) in [6.45, 7) is 3.63. The zero-order valence-electron chi connectivity index (χ0n) is 25.2. The van der Waals surface area contributed by atoms with E-state index < -0.39 is 72.1 Å². The van der Waals surface area contributed by atoms with Crippen LogP contribution < -0.4 is 0 Å². The van der Waals surface area contributed by atoms with E-state index in [0.29, 0.717) is 47.9 Å². The molecule has 250 valence electrons. The Morgan fingerprint density at radius 2 is 0.891 bits per heavy atom. The fourth-order valence-corrected chi connectivity index (χ4v) is 4.70. The zero-order chi connectivity index (χ0) is 34.1. The highest BCUT2D eigenvalue weighted by atomic mass is 19.4. The first-order valence-electron chi connectivity index (χ1n) is 14.9. The van der Waals surface area contributed by atoms with Gasteiger partial charge in [-0.05, 0) is 72.2 Å². The van der Waals surface area contributed by atoms with E-state index in [2.05, 4.69) is 9.47 Å². The fraction of sp³-hybridized carbons (Fsp3) is 0.412. The van der Waals surface area contributed by atoms with Gasteiger partial charge in [0.15, 0.2) is 12.2 Å². The van der Waals surface area contributed by atoms with E-state index in [1.54, 1.807) is 24.3 Å². The zero-order valence-corrected chi connectivity index (χ0v) is 25.2. The van der Waals surface area contributed by atoms with Gasteiger partial charge in [-0.2, -0.15) is 26.3 Å². The third kappa shape index (κ3) is 10.0. The van der Waals surface area contributed by atoms with Crippen LogP contribution in [0.15, 0.2) is 60.7 Å². The van der Waals surface area contributed by atoms with Crippen LogP contribution in [0.5, 0.6) is 0 Å². The molecule has 0 amide bonds. The van der Waals surface area contributed by atoms with Gasteiger partial charge in [0, 0.05) is 0 Å². The average Bonchev–Trinajstić information content (AvgIpc) is 2.99. The number of carbonyl (C=O) groups is 2. The second-order valence-corrected chi connectivity index (χ2v) is 10.8. The summed E-state index contributed by atoms with van der Waals surface area (Å²) < 4.78 is 119. The van der Waals surface area contributed by atoms with Crippen molar-refractivity contribution in [3.63, 3.8) is 0 Å². The molecule has 0 bridgehead atoms. The van der Waals surface area contributed by atoms with Gasteiger partial charge >= 0.3 is 24.3 Å². The van der Waals surface area contributed by atoms with E-state index in [9.17, 15) is 44.7 Å². The minimum atomic E-state index is -4.79. The number of carbonyl (C=O) groups excluding carboxylic acids is 2. The van der Waals surface area contributed by atoms with Crippen LogP contribution in [0, 0.1) is 11.6 Å². The molecule has 0 spiro atoms. The fourth-order valence-electron chi connectivity index (χ4n) is 4.70. The summed E-state index contributed by atoms with van der Waals surface area (Å²) in [7, 11) is 0. The van der Waals surface area contributed by atoms with Crippen molar-refractivity contribution in [2.45, 2.75) is 89.8 Å². The predicted molar refractivity (Wildman–Crippen MR) is 156 cm³/mol. The van der Waals surface area contributed by atoms with Gasteiger partial charge in [-0.25, -0.2) is 18.4 Å². The quantitative estimate of drug-likeness (QED) is 0.0983. The third-order valence-corrected chi connectivity index (χ3v) is 7.30. The second-order valence-electron chi connectivity index (χ2n) is 10.8. The van der Waals surface area contributed by atoms with Crippen molar-refractivity contribution in [3.05, 3.63) is 83.4 Å². The molecular weight excluding hydrogens is 624 g/mol. The Morgan fingerprint density at radius 1 is 0.565 bits per heavy atom. The maximum absolute atomic E-state index is 14.8. The Labute approximate surface area is 261 Å². The van der Waals surface area contributed by atoms with Crippen LogP contribution in [0.1, 0.15) is 85.9 Å². The largest absolute Gasteiger partial charge is 0.449 e. The molecule has 3 aromatic rings. The van der Waals surface area contributed by atoms with Crippen molar-refractivity contribution in [1.82, 2.24) is 0 Å². The smallest absolute Gasteiger partial charge is 0.425 e. The van der Waals surface area contributed by atoms with E-state index in [4.69, 9.17) is 0 Å². The Bertz CT molecular complexity index is 1350. The van der Waals surface area contributed by atoms with Crippen LogP contribution in [-0.2, 0) is 9.47 Å². The number of benzene rings is 3. The van der Waals surface area contributed by atoms with Crippen LogP contribution in [0.4, 0.5) is 35.1 Å². The van der Waals surface area contributed by atoms with Gasteiger partial charge in [0.2, 0.25) is 0 Å². The third-order valence-electron chi connectivity index (χ3n) is 7.30. The van der Waals surface area contributed by atoms with Gasteiger partial charge in [-0.15, -0.1) is 0 Å². The molecule has 0 N–H and O–H groups in total. The molecule has 0 radical (unpaired) electrons. The van der Waals surface area contributed by atoms with Gasteiger partial charge < -0.3 is 9.47 Å². The summed E-state index contributed by atoms with van der Waals surface area (Å²) in [4.78, 5) is 24.8. The number of hydrogen-bond acceptors (Lipinski definition) is 4. The Kier molecular flexibility index (Phi) is 12.7. The molecule has 0 unspecified atom stereocenters. The summed E-state index contributed by atoms with van der Waals surface area (Å²) in [6, 6.07) is 12.8. The number of unbranched alkanes of at least 4 members (excludes halogenated alkanes) is 4. The molecule has 0 aliphatic carbocycles. The average molecular weight is 659 g/mol. The molecule has 3 rings (SSSR count). The van der Waals surface area contributed by atoms with Gasteiger partial charge in [-0.1, -0.05) is 75.9 Å². The number of halogens is 8. The Morgan fingerprint density at radius 3 is 1.17 bits per heavy atom. The lowest BCUT2D eigenvalue weighted by Crippen LogP contribution is -2.34. The van der Waals surface area contributed by atoms with E-state index in [0.717, 1.165) is 24.3 Å². The number of hydrogen-bond donors (Lipinski definition) is 0. The molecule has 0 saturated carbocycles. The van der Waals surface area contributed by atoms with Crippen molar-refractivity contribution in [2.24, 2.45) is 0 Å². The van der Waals surface area contributed by atoms with Crippen LogP contribution in [0.3, 0.4) is 0 Å². The molecule has 12 heteroatoms. The first-order chi connectivity index (χ1) is 21.6. The second kappa shape index (κ2) is 16.0. The number of ether oxygens (including phenoxy) is 2. The molecule has 4 nitrogen and oxygen atoms in total. The molecule has 0 aliphatic heterocycles. The molecule has 0 fully saturated rings.